The molecule has 0 amide bonds. The van der Waals surface area contributed by atoms with Crippen LogP contribution in [-0.2, 0) is 12.7 Å². The number of halogens is 3. The Morgan fingerprint density at radius 1 is 1.33 bits per heavy atom. The number of hydrogen-bond donors (Lipinski definition) is 1. The summed E-state index contributed by atoms with van der Waals surface area (Å²) in [7, 11) is 0. The second-order valence-electron chi connectivity index (χ2n) is 3.65. The maximum atomic E-state index is 12.5. The number of hydrogen-bond acceptors (Lipinski definition) is 4. The Labute approximate surface area is 101 Å². The van der Waals surface area contributed by atoms with E-state index in [1.54, 1.807) is 12.1 Å². The van der Waals surface area contributed by atoms with Crippen LogP contribution in [0, 0.1) is 6.92 Å². The van der Waals surface area contributed by atoms with Gasteiger partial charge in [0.05, 0.1) is 12.8 Å². The molecule has 0 aliphatic heterocycles. The van der Waals surface area contributed by atoms with Crippen LogP contribution in [0.15, 0.2) is 28.9 Å². The first-order valence-corrected chi connectivity index (χ1v) is 5.14. The van der Waals surface area contributed by atoms with Crippen LogP contribution in [0.2, 0.25) is 0 Å². The average molecular weight is 257 g/mol. The summed E-state index contributed by atoms with van der Waals surface area (Å²) in [4.78, 5) is 7.30. The fourth-order valence-corrected chi connectivity index (χ4v) is 1.37. The molecule has 2 aromatic rings. The van der Waals surface area contributed by atoms with Crippen LogP contribution in [0.5, 0.6) is 0 Å². The molecule has 0 aliphatic carbocycles. The number of nitrogens with zero attached hydrogens (tertiary/aromatic N) is 2. The topological polar surface area (TPSA) is 51.0 Å². The highest BCUT2D eigenvalue weighted by atomic mass is 19.4. The average Bonchev–Trinajstić information content (AvgIpc) is 2.77. The van der Waals surface area contributed by atoms with Crippen LogP contribution in [0.3, 0.4) is 0 Å². The van der Waals surface area contributed by atoms with Crippen molar-refractivity contribution in [2.75, 3.05) is 5.32 Å². The predicted octanol–water partition coefficient (Wildman–Crippen LogP) is 3.01. The third-order valence-corrected chi connectivity index (χ3v) is 2.15. The molecule has 18 heavy (non-hydrogen) atoms. The molecule has 0 atom stereocenters. The lowest BCUT2D eigenvalue weighted by Crippen LogP contribution is -2.12. The van der Waals surface area contributed by atoms with Crippen LogP contribution in [0.25, 0.3) is 0 Å². The predicted molar refractivity (Wildman–Crippen MR) is 57.8 cm³/mol. The molecule has 0 fully saturated rings. The molecule has 0 unspecified atom stereocenters. The van der Waals surface area contributed by atoms with Gasteiger partial charge in [-0.1, -0.05) is 0 Å². The van der Waals surface area contributed by atoms with Gasteiger partial charge in [0.25, 0.3) is 0 Å². The molecule has 0 bridgehead atoms. The second-order valence-corrected chi connectivity index (χ2v) is 3.65. The van der Waals surface area contributed by atoms with E-state index in [2.05, 4.69) is 15.3 Å². The number of furan rings is 1. The molecule has 0 spiro atoms. The molecule has 2 aromatic heterocycles. The van der Waals surface area contributed by atoms with E-state index in [1.807, 2.05) is 0 Å². The molecule has 2 heterocycles. The molecular formula is C11H10F3N3O. The molecule has 0 radical (unpaired) electrons. The van der Waals surface area contributed by atoms with Gasteiger partial charge in [0.2, 0.25) is 5.95 Å². The lowest BCUT2D eigenvalue weighted by molar-refractivity contribution is -0.141. The third-order valence-electron chi connectivity index (χ3n) is 2.15. The highest BCUT2D eigenvalue weighted by Gasteiger charge is 2.33. The fraction of sp³-hybridized carbons (Fsp3) is 0.273. The Morgan fingerprint density at radius 2 is 2.11 bits per heavy atom. The first kappa shape index (κ1) is 12.4. The molecular weight excluding hydrogens is 247 g/mol. The number of rotatable bonds is 3. The number of aromatic nitrogens is 2. The minimum Gasteiger partial charge on any atom is -0.467 e. The Balaban J connectivity index is 2.15. The van der Waals surface area contributed by atoms with Crippen LogP contribution in [0.4, 0.5) is 19.1 Å². The summed E-state index contributed by atoms with van der Waals surface area (Å²) >= 11 is 0. The van der Waals surface area contributed by atoms with E-state index in [0.29, 0.717) is 5.76 Å². The summed E-state index contributed by atoms with van der Waals surface area (Å²) in [6, 6.07) is 4.29. The molecule has 0 saturated carbocycles. The quantitative estimate of drug-likeness (QED) is 0.918. The van der Waals surface area contributed by atoms with Crippen LogP contribution in [0.1, 0.15) is 17.1 Å². The maximum absolute atomic E-state index is 12.5. The minimum absolute atomic E-state index is 0.0706. The maximum Gasteiger partial charge on any atom is 0.433 e. The Hall–Kier alpha value is -2.05. The van der Waals surface area contributed by atoms with Gasteiger partial charge in [0, 0.05) is 5.69 Å². The standard InChI is InChI=1S/C11H10F3N3O/c1-7-5-9(11(12,13)14)17-10(16-7)15-6-8-3-2-4-18-8/h2-5H,6H2,1H3,(H,15,16,17). The van der Waals surface area contributed by atoms with Crippen molar-refractivity contribution in [3.05, 3.63) is 41.6 Å². The number of nitrogens with one attached hydrogen (secondary N) is 1. The lowest BCUT2D eigenvalue weighted by atomic mass is 10.3. The Bertz CT molecular complexity index is 523. The fourth-order valence-electron chi connectivity index (χ4n) is 1.37. The van der Waals surface area contributed by atoms with E-state index in [1.165, 1.54) is 13.2 Å². The molecule has 7 heteroatoms. The monoisotopic (exact) mass is 257 g/mol. The summed E-state index contributed by atoms with van der Waals surface area (Å²) in [5, 5.41) is 2.68. The zero-order valence-electron chi connectivity index (χ0n) is 9.45. The molecule has 96 valence electrons. The normalized spacial score (nSPS) is 11.6. The largest absolute Gasteiger partial charge is 0.467 e. The summed E-state index contributed by atoms with van der Waals surface area (Å²) in [5.41, 5.74) is -0.712. The summed E-state index contributed by atoms with van der Waals surface area (Å²) in [6.07, 6.45) is -3.00. The molecule has 1 N–H and O–H groups in total. The van der Waals surface area contributed by atoms with E-state index in [0.717, 1.165) is 6.07 Å². The SMILES string of the molecule is Cc1cc(C(F)(F)F)nc(NCc2ccco2)n1. The van der Waals surface area contributed by atoms with Crippen molar-refractivity contribution in [3.63, 3.8) is 0 Å². The number of anilines is 1. The highest BCUT2D eigenvalue weighted by Crippen LogP contribution is 2.28. The van der Waals surface area contributed by atoms with Gasteiger partial charge >= 0.3 is 6.18 Å². The molecule has 4 nitrogen and oxygen atoms in total. The van der Waals surface area contributed by atoms with Gasteiger partial charge in [-0.3, -0.25) is 0 Å². The van der Waals surface area contributed by atoms with Gasteiger partial charge in [-0.15, -0.1) is 0 Å². The van der Waals surface area contributed by atoms with Gasteiger partial charge in [-0.05, 0) is 25.1 Å². The second kappa shape index (κ2) is 4.67. The summed E-state index contributed by atoms with van der Waals surface area (Å²) in [6.45, 7) is 1.71. The van der Waals surface area contributed by atoms with Crippen molar-refractivity contribution in [2.24, 2.45) is 0 Å². The van der Waals surface area contributed by atoms with E-state index in [4.69, 9.17) is 4.42 Å². The molecule has 0 aromatic carbocycles. The van der Waals surface area contributed by atoms with E-state index < -0.39 is 11.9 Å². The van der Waals surface area contributed by atoms with Gasteiger partial charge in [-0.25, -0.2) is 9.97 Å². The first-order valence-electron chi connectivity index (χ1n) is 5.14. The lowest BCUT2D eigenvalue weighted by Gasteiger charge is -2.09. The van der Waals surface area contributed by atoms with Gasteiger partial charge in [-0.2, -0.15) is 13.2 Å². The van der Waals surface area contributed by atoms with Gasteiger partial charge < -0.3 is 9.73 Å². The van der Waals surface area contributed by atoms with Crippen LogP contribution in [-0.4, -0.2) is 9.97 Å². The van der Waals surface area contributed by atoms with Crippen molar-refractivity contribution < 1.29 is 17.6 Å². The highest BCUT2D eigenvalue weighted by molar-refractivity contribution is 5.29. The third kappa shape index (κ3) is 2.99. The summed E-state index contributed by atoms with van der Waals surface area (Å²) < 4.78 is 42.6. The van der Waals surface area contributed by atoms with E-state index >= 15 is 0 Å². The molecule has 0 aliphatic rings. The first-order chi connectivity index (χ1) is 8.45. The minimum atomic E-state index is -4.48. The van der Waals surface area contributed by atoms with Crippen molar-refractivity contribution in [3.8, 4) is 0 Å². The van der Waals surface area contributed by atoms with Crippen LogP contribution < -0.4 is 5.32 Å². The van der Waals surface area contributed by atoms with E-state index in [-0.39, 0.29) is 18.2 Å². The van der Waals surface area contributed by atoms with Crippen molar-refractivity contribution in [1.29, 1.82) is 0 Å². The number of aryl methyl sites for hydroxylation is 1. The van der Waals surface area contributed by atoms with Gasteiger partial charge in [0.1, 0.15) is 11.5 Å². The zero-order chi connectivity index (χ0) is 13.2. The molecule has 0 saturated heterocycles. The Kier molecular flexibility index (Phi) is 3.22. The summed E-state index contributed by atoms with van der Waals surface area (Å²) in [5.74, 6) is 0.521. The van der Waals surface area contributed by atoms with Gasteiger partial charge in [0.15, 0.2) is 0 Å². The zero-order valence-corrected chi connectivity index (χ0v) is 9.45. The van der Waals surface area contributed by atoms with Crippen molar-refractivity contribution >= 4 is 5.95 Å². The number of alkyl halides is 3. The Morgan fingerprint density at radius 3 is 2.72 bits per heavy atom. The van der Waals surface area contributed by atoms with Crippen molar-refractivity contribution in [1.82, 2.24) is 9.97 Å². The smallest absolute Gasteiger partial charge is 0.433 e. The van der Waals surface area contributed by atoms with Crippen molar-refractivity contribution in [2.45, 2.75) is 19.6 Å². The van der Waals surface area contributed by atoms with Crippen LogP contribution >= 0.6 is 0 Å². The molecule has 2 rings (SSSR count). The van der Waals surface area contributed by atoms with E-state index in [9.17, 15) is 13.2 Å².